The van der Waals surface area contributed by atoms with Crippen molar-refractivity contribution < 1.29 is 4.79 Å². The summed E-state index contributed by atoms with van der Waals surface area (Å²) in [6, 6.07) is 13.6. The first-order valence-electron chi connectivity index (χ1n) is 6.14. The zero-order valence-electron chi connectivity index (χ0n) is 11.0. The number of halogens is 1. The molecule has 98 valence electrons. The topological polar surface area (TPSA) is 29.1 Å². The molecule has 0 saturated carbocycles. The van der Waals surface area contributed by atoms with Gasteiger partial charge < -0.3 is 5.32 Å². The summed E-state index contributed by atoms with van der Waals surface area (Å²) in [6.45, 7) is 4.04. The van der Waals surface area contributed by atoms with E-state index in [1.807, 2.05) is 50.2 Å². The largest absolute Gasteiger partial charge is 0.322 e. The summed E-state index contributed by atoms with van der Waals surface area (Å²) >= 11 is 3.41. The van der Waals surface area contributed by atoms with Crippen molar-refractivity contribution in [2.24, 2.45) is 0 Å². The molecule has 1 N–H and O–H groups in total. The molecule has 0 aliphatic rings. The van der Waals surface area contributed by atoms with Crippen molar-refractivity contribution in [3.63, 3.8) is 0 Å². The van der Waals surface area contributed by atoms with Gasteiger partial charge in [-0.25, -0.2) is 0 Å². The van der Waals surface area contributed by atoms with Crippen molar-refractivity contribution >= 4 is 27.5 Å². The number of rotatable bonds is 3. The number of amides is 1. The Morgan fingerprint density at radius 2 is 1.89 bits per heavy atom. The predicted octanol–water partition coefficient (Wildman–Crippen LogP) is 4.45. The van der Waals surface area contributed by atoms with E-state index >= 15 is 0 Å². The minimum atomic E-state index is -0.0676. The van der Waals surface area contributed by atoms with Crippen LogP contribution in [-0.4, -0.2) is 5.91 Å². The highest BCUT2D eigenvalue weighted by atomic mass is 79.9. The van der Waals surface area contributed by atoms with Crippen LogP contribution in [0.4, 0.5) is 5.69 Å². The third kappa shape index (κ3) is 3.24. The molecule has 0 aliphatic carbocycles. The van der Waals surface area contributed by atoms with E-state index in [1.165, 1.54) is 5.56 Å². The van der Waals surface area contributed by atoms with Crippen LogP contribution in [0.1, 0.15) is 27.0 Å². The molecule has 2 nitrogen and oxygen atoms in total. The van der Waals surface area contributed by atoms with Crippen LogP contribution in [-0.2, 0) is 5.33 Å². The zero-order valence-corrected chi connectivity index (χ0v) is 12.6. The fraction of sp³-hybridized carbons (Fsp3) is 0.188. The Morgan fingerprint density at radius 1 is 1.16 bits per heavy atom. The second kappa shape index (κ2) is 6.02. The maximum Gasteiger partial charge on any atom is 0.255 e. The Morgan fingerprint density at radius 3 is 2.58 bits per heavy atom. The van der Waals surface area contributed by atoms with Crippen molar-refractivity contribution in [3.8, 4) is 0 Å². The molecule has 0 unspecified atom stereocenters. The van der Waals surface area contributed by atoms with Crippen molar-refractivity contribution in [1.82, 2.24) is 0 Å². The maximum atomic E-state index is 12.3. The second-order valence-electron chi connectivity index (χ2n) is 4.56. The van der Waals surface area contributed by atoms with Gasteiger partial charge in [-0.05, 0) is 37.1 Å². The summed E-state index contributed by atoms with van der Waals surface area (Å²) in [7, 11) is 0. The smallest absolute Gasteiger partial charge is 0.255 e. The summed E-state index contributed by atoms with van der Waals surface area (Å²) in [5.74, 6) is -0.0676. The molecule has 0 heterocycles. The van der Waals surface area contributed by atoms with Crippen molar-refractivity contribution in [2.45, 2.75) is 19.2 Å². The van der Waals surface area contributed by atoms with Crippen LogP contribution < -0.4 is 5.32 Å². The number of anilines is 1. The fourth-order valence-corrected chi connectivity index (χ4v) is 2.49. The number of nitrogens with one attached hydrogen (secondary N) is 1. The number of aryl methyl sites for hydroxylation is 2. The summed E-state index contributed by atoms with van der Waals surface area (Å²) in [5.41, 5.74) is 4.82. The highest BCUT2D eigenvalue weighted by Gasteiger charge is 2.11. The lowest BCUT2D eigenvalue weighted by molar-refractivity contribution is 0.102. The molecule has 0 spiro atoms. The van der Waals surface area contributed by atoms with Gasteiger partial charge in [-0.1, -0.05) is 51.8 Å². The van der Waals surface area contributed by atoms with Crippen molar-refractivity contribution in [3.05, 3.63) is 64.7 Å². The van der Waals surface area contributed by atoms with Gasteiger partial charge >= 0.3 is 0 Å². The molecule has 0 fully saturated rings. The molecular formula is C16H16BrNO. The molecular weight excluding hydrogens is 302 g/mol. The Balaban J connectivity index is 2.26. The summed E-state index contributed by atoms with van der Waals surface area (Å²) in [6.07, 6.45) is 0. The monoisotopic (exact) mass is 317 g/mol. The quantitative estimate of drug-likeness (QED) is 0.832. The van der Waals surface area contributed by atoms with E-state index in [0.29, 0.717) is 10.9 Å². The first kappa shape index (κ1) is 13.8. The zero-order chi connectivity index (χ0) is 13.8. The van der Waals surface area contributed by atoms with Crippen LogP contribution in [0.2, 0.25) is 0 Å². The third-order valence-electron chi connectivity index (χ3n) is 3.04. The van der Waals surface area contributed by atoms with Crippen LogP contribution >= 0.6 is 15.9 Å². The molecule has 0 bridgehead atoms. The SMILES string of the molecule is Cc1ccc(NC(=O)c2ccccc2CBr)c(C)c1. The van der Waals surface area contributed by atoms with E-state index < -0.39 is 0 Å². The van der Waals surface area contributed by atoms with E-state index in [1.54, 1.807) is 0 Å². The Labute approximate surface area is 122 Å². The highest BCUT2D eigenvalue weighted by Crippen LogP contribution is 2.19. The third-order valence-corrected chi connectivity index (χ3v) is 3.64. The molecule has 2 aromatic carbocycles. The van der Waals surface area contributed by atoms with Crippen molar-refractivity contribution in [1.29, 1.82) is 0 Å². The van der Waals surface area contributed by atoms with Crippen LogP contribution in [0.25, 0.3) is 0 Å². The van der Waals surface area contributed by atoms with Gasteiger partial charge in [-0.3, -0.25) is 4.79 Å². The van der Waals surface area contributed by atoms with Crippen LogP contribution in [0.5, 0.6) is 0 Å². The van der Waals surface area contributed by atoms with Crippen molar-refractivity contribution in [2.75, 3.05) is 5.32 Å². The normalized spacial score (nSPS) is 10.3. The number of carbonyl (C=O) groups is 1. The van der Waals surface area contributed by atoms with Crippen LogP contribution in [0, 0.1) is 13.8 Å². The van der Waals surface area contributed by atoms with E-state index in [4.69, 9.17) is 0 Å². The Hall–Kier alpha value is -1.61. The van der Waals surface area contributed by atoms with E-state index in [2.05, 4.69) is 27.3 Å². The molecule has 19 heavy (non-hydrogen) atoms. The van der Waals surface area contributed by atoms with Crippen LogP contribution in [0.15, 0.2) is 42.5 Å². The van der Waals surface area contributed by atoms with Gasteiger partial charge in [0.05, 0.1) is 0 Å². The lowest BCUT2D eigenvalue weighted by atomic mass is 10.1. The first-order valence-corrected chi connectivity index (χ1v) is 7.26. The first-order chi connectivity index (χ1) is 9.11. The van der Waals surface area contributed by atoms with Gasteiger partial charge in [-0.2, -0.15) is 0 Å². The fourth-order valence-electron chi connectivity index (χ4n) is 2.00. The van der Waals surface area contributed by atoms with Gasteiger partial charge in [0.15, 0.2) is 0 Å². The minimum Gasteiger partial charge on any atom is -0.322 e. The van der Waals surface area contributed by atoms with Crippen LogP contribution in [0.3, 0.4) is 0 Å². The molecule has 1 amide bonds. The molecule has 0 aromatic heterocycles. The number of hydrogen-bond donors (Lipinski definition) is 1. The van der Waals surface area contributed by atoms with Gasteiger partial charge in [-0.15, -0.1) is 0 Å². The van der Waals surface area contributed by atoms with E-state index in [0.717, 1.165) is 16.8 Å². The number of carbonyl (C=O) groups excluding carboxylic acids is 1. The van der Waals surface area contributed by atoms with Gasteiger partial charge in [0, 0.05) is 16.6 Å². The van der Waals surface area contributed by atoms with Gasteiger partial charge in [0.1, 0.15) is 0 Å². The summed E-state index contributed by atoms with van der Waals surface area (Å²) in [5, 5.41) is 3.64. The Bertz CT molecular complexity index is 607. The molecule has 2 aromatic rings. The molecule has 0 aliphatic heterocycles. The average Bonchev–Trinajstić information content (AvgIpc) is 2.41. The Kier molecular flexibility index (Phi) is 4.38. The summed E-state index contributed by atoms with van der Waals surface area (Å²) < 4.78 is 0. The standard InChI is InChI=1S/C16H16BrNO/c1-11-7-8-15(12(2)9-11)18-16(19)14-6-4-3-5-13(14)10-17/h3-9H,10H2,1-2H3,(H,18,19). The predicted molar refractivity (Wildman–Crippen MR) is 82.9 cm³/mol. The molecule has 3 heteroatoms. The molecule has 0 radical (unpaired) electrons. The lowest BCUT2D eigenvalue weighted by Crippen LogP contribution is -2.14. The maximum absolute atomic E-state index is 12.3. The molecule has 0 atom stereocenters. The lowest BCUT2D eigenvalue weighted by Gasteiger charge is -2.11. The number of hydrogen-bond acceptors (Lipinski definition) is 1. The summed E-state index contributed by atoms with van der Waals surface area (Å²) in [4.78, 5) is 12.3. The number of benzene rings is 2. The molecule has 2 rings (SSSR count). The van der Waals surface area contributed by atoms with Gasteiger partial charge in [0.2, 0.25) is 0 Å². The average molecular weight is 318 g/mol. The number of alkyl halides is 1. The van der Waals surface area contributed by atoms with Gasteiger partial charge in [0.25, 0.3) is 5.91 Å². The van der Waals surface area contributed by atoms with E-state index in [9.17, 15) is 4.79 Å². The minimum absolute atomic E-state index is 0.0676. The highest BCUT2D eigenvalue weighted by molar-refractivity contribution is 9.08. The molecule has 0 saturated heterocycles. The van der Waals surface area contributed by atoms with E-state index in [-0.39, 0.29) is 5.91 Å². The second-order valence-corrected chi connectivity index (χ2v) is 5.12.